The highest BCUT2D eigenvalue weighted by Gasteiger charge is 2.44. The molecule has 0 saturated heterocycles. The molecule has 1 fully saturated rings. The van der Waals surface area contributed by atoms with Crippen LogP contribution in [0.1, 0.15) is 60.8 Å². The second-order valence-corrected chi connectivity index (χ2v) is 20.6. The molecule has 0 aromatic heterocycles. The molecule has 27 heavy (non-hydrogen) atoms. The molecule has 1 rings (SSSR count). The van der Waals surface area contributed by atoms with Gasteiger partial charge in [-0.2, -0.15) is 0 Å². The third-order valence-corrected chi connectivity index (χ3v) is 15.8. The van der Waals surface area contributed by atoms with E-state index in [-0.39, 0.29) is 22.3 Å². The van der Waals surface area contributed by atoms with Crippen LogP contribution in [0.15, 0.2) is 36.5 Å². The first kappa shape index (κ1) is 24.6. The Labute approximate surface area is 171 Å². The molecular weight excluding hydrogens is 364 g/mol. The van der Waals surface area contributed by atoms with E-state index in [1.807, 2.05) is 6.08 Å². The van der Waals surface area contributed by atoms with E-state index in [0.717, 1.165) is 24.8 Å². The minimum absolute atomic E-state index is 0.0606. The van der Waals surface area contributed by atoms with Crippen molar-refractivity contribution in [3.63, 3.8) is 0 Å². The summed E-state index contributed by atoms with van der Waals surface area (Å²) in [5.74, 6) is 0. The molecule has 1 aliphatic rings. The molecule has 0 N–H and O–H groups in total. The maximum absolute atomic E-state index is 6.80. The van der Waals surface area contributed by atoms with Gasteiger partial charge in [0.05, 0.1) is 12.2 Å². The van der Waals surface area contributed by atoms with Crippen molar-refractivity contribution >= 4 is 16.6 Å². The molecule has 0 radical (unpaired) electrons. The van der Waals surface area contributed by atoms with Gasteiger partial charge in [-0.05, 0) is 61.1 Å². The fraction of sp³-hybridized carbons (Fsp3) is 0.739. The lowest BCUT2D eigenvalue weighted by Crippen LogP contribution is -2.49. The van der Waals surface area contributed by atoms with Crippen molar-refractivity contribution in [3.05, 3.63) is 36.5 Å². The van der Waals surface area contributed by atoms with Gasteiger partial charge in [0.2, 0.25) is 0 Å². The van der Waals surface area contributed by atoms with Gasteiger partial charge in [0, 0.05) is 0 Å². The van der Waals surface area contributed by atoms with Gasteiger partial charge in [-0.3, -0.25) is 0 Å². The van der Waals surface area contributed by atoms with Crippen LogP contribution in [0.4, 0.5) is 0 Å². The maximum atomic E-state index is 6.80. The quantitative estimate of drug-likeness (QED) is 0.332. The molecule has 0 spiro atoms. The lowest BCUT2D eigenvalue weighted by molar-refractivity contribution is 0.132. The summed E-state index contributed by atoms with van der Waals surface area (Å²) in [5.41, 5.74) is 2.56. The maximum Gasteiger partial charge on any atom is 0.192 e. The van der Waals surface area contributed by atoms with E-state index in [1.54, 1.807) is 0 Å². The van der Waals surface area contributed by atoms with Crippen LogP contribution in [0.2, 0.25) is 36.3 Å². The summed E-state index contributed by atoms with van der Waals surface area (Å²) in [6.45, 7) is 31.4. The average Bonchev–Trinajstić information content (AvgIpc) is 2.46. The molecule has 2 atom stereocenters. The van der Waals surface area contributed by atoms with Gasteiger partial charge in [-0.25, -0.2) is 0 Å². The molecule has 0 heterocycles. The highest BCUT2D eigenvalue weighted by Crippen LogP contribution is 2.44. The molecule has 0 aromatic carbocycles. The van der Waals surface area contributed by atoms with E-state index in [4.69, 9.17) is 8.85 Å². The van der Waals surface area contributed by atoms with Crippen molar-refractivity contribution in [2.24, 2.45) is 0 Å². The van der Waals surface area contributed by atoms with Crippen LogP contribution in [0, 0.1) is 0 Å². The molecule has 156 valence electrons. The third kappa shape index (κ3) is 6.28. The smallest absolute Gasteiger partial charge is 0.192 e. The fourth-order valence-electron chi connectivity index (χ4n) is 2.75. The van der Waals surface area contributed by atoms with Gasteiger partial charge in [-0.1, -0.05) is 65.8 Å². The zero-order valence-electron chi connectivity index (χ0n) is 19.7. The van der Waals surface area contributed by atoms with Crippen LogP contribution in [0.5, 0.6) is 0 Å². The van der Waals surface area contributed by atoms with Gasteiger partial charge in [-0.15, -0.1) is 6.58 Å². The van der Waals surface area contributed by atoms with Crippen LogP contribution in [-0.4, -0.2) is 28.8 Å². The minimum atomic E-state index is -1.87. The zero-order valence-corrected chi connectivity index (χ0v) is 21.7. The van der Waals surface area contributed by atoms with Crippen molar-refractivity contribution in [2.45, 2.75) is 109 Å². The summed E-state index contributed by atoms with van der Waals surface area (Å²) in [6, 6.07) is 0. The minimum Gasteiger partial charge on any atom is -0.410 e. The summed E-state index contributed by atoms with van der Waals surface area (Å²) in [5, 5.41) is 0.372. The first-order chi connectivity index (χ1) is 12.0. The Kier molecular flexibility index (Phi) is 7.77. The molecule has 0 aromatic rings. The van der Waals surface area contributed by atoms with Crippen LogP contribution >= 0.6 is 0 Å². The molecule has 0 unspecified atom stereocenters. The fourth-order valence-corrected chi connectivity index (χ4v) is 5.34. The largest absolute Gasteiger partial charge is 0.410 e. The molecule has 0 amide bonds. The Bertz CT molecular complexity index is 532. The van der Waals surface area contributed by atoms with Crippen molar-refractivity contribution in [1.29, 1.82) is 0 Å². The number of allylic oxidation sites excluding steroid dienone is 2. The van der Waals surface area contributed by atoms with E-state index >= 15 is 0 Å². The Morgan fingerprint density at radius 2 is 1.26 bits per heavy atom. The molecule has 4 heteroatoms. The van der Waals surface area contributed by atoms with Crippen LogP contribution in [0.3, 0.4) is 0 Å². The molecular formula is C23H44O2Si2. The third-order valence-electron chi connectivity index (χ3n) is 6.78. The van der Waals surface area contributed by atoms with Crippen LogP contribution < -0.4 is 0 Å². The number of hydrogen-bond acceptors (Lipinski definition) is 2. The second-order valence-electron chi connectivity index (χ2n) is 11.1. The SMILES string of the molecule is C=CCC=C1C[C@@H](O[Si](C)(C)C(C)(C)C)C(=C)[C@H](O[Si](C)(C)C(C)(C)C)C1. The lowest BCUT2D eigenvalue weighted by Gasteiger charge is -2.46. The summed E-state index contributed by atoms with van der Waals surface area (Å²) < 4.78 is 13.6. The highest BCUT2D eigenvalue weighted by molar-refractivity contribution is 6.74. The number of hydrogen-bond donors (Lipinski definition) is 0. The number of rotatable bonds is 6. The van der Waals surface area contributed by atoms with E-state index < -0.39 is 16.6 Å². The molecule has 1 aliphatic carbocycles. The molecule has 1 saturated carbocycles. The summed E-state index contributed by atoms with van der Waals surface area (Å²) in [4.78, 5) is 0. The first-order valence-corrected chi connectivity index (χ1v) is 16.2. The van der Waals surface area contributed by atoms with Gasteiger partial charge in [0.15, 0.2) is 16.6 Å². The molecule has 2 nitrogen and oxygen atoms in total. The Morgan fingerprint density at radius 1 is 0.889 bits per heavy atom. The molecule has 0 bridgehead atoms. The van der Waals surface area contributed by atoms with Gasteiger partial charge in [0.1, 0.15) is 0 Å². The van der Waals surface area contributed by atoms with Crippen LogP contribution in [0.25, 0.3) is 0 Å². The topological polar surface area (TPSA) is 18.5 Å². The lowest BCUT2D eigenvalue weighted by atomic mass is 9.86. The normalized spacial score (nSPS) is 22.7. The van der Waals surface area contributed by atoms with E-state index in [0.29, 0.717) is 0 Å². The predicted molar refractivity (Wildman–Crippen MR) is 125 cm³/mol. The molecule has 0 aliphatic heterocycles. The van der Waals surface area contributed by atoms with E-state index in [9.17, 15) is 0 Å². The predicted octanol–water partition coefficient (Wildman–Crippen LogP) is 7.62. The monoisotopic (exact) mass is 408 g/mol. The van der Waals surface area contributed by atoms with Gasteiger partial charge >= 0.3 is 0 Å². The van der Waals surface area contributed by atoms with Crippen molar-refractivity contribution < 1.29 is 8.85 Å². The summed E-state index contributed by atoms with van der Waals surface area (Å²) in [7, 11) is -3.74. The standard InChI is InChI=1S/C23H44O2Si2/c1-13-14-15-19-16-20(24-26(9,10)22(3,4)5)18(2)21(17-19)25-27(11,12)23(6,7)8/h13,15,20-21H,1-2,14,16-17H2,3-12H3/t20-,21-/m1/s1. The van der Waals surface area contributed by atoms with Crippen molar-refractivity contribution in [2.75, 3.05) is 0 Å². The highest BCUT2D eigenvalue weighted by atomic mass is 28.4. The van der Waals surface area contributed by atoms with Gasteiger partial charge < -0.3 is 8.85 Å². The Hall–Kier alpha value is -0.426. The van der Waals surface area contributed by atoms with E-state index in [2.05, 4.69) is 87.0 Å². The Balaban J connectivity index is 3.14. The Morgan fingerprint density at radius 3 is 1.56 bits per heavy atom. The van der Waals surface area contributed by atoms with Crippen molar-refractivity contribution in [1.82, 2.24) is 0 Å². The zero-order chi connectivity index (χ0) is 21.3. The average molecular weight is 409 g/mol. The van der Waals surface area contributed by atoms with Gasteiger partial charge in [0.25, 0.3) is 0 Å². The van der Waals surface area contributed by atoms with Crippen molar-refractivity contribution in [3.8, 4) is 0 Å². The first-order valence-electron chi connectivity index (χ1n) is 10.3. The summed E-state index contributed by atoms with van der Waals surface area (Å²) in [6.07, 6.45) is 7.18. The van der Waals surface area contributed by atoms with E-state index in [1.165, 1.54) is 5.57 Å². The summed E-state index contributed by atoms with van der Waals surface area (Å²) >= 11 is 0. The second kappa shape index (κ2) is 8.52. The van der Waals surface area contributed by atoms with Crippen LogP contribution in [-0.2, 0) is 8.85 Å².